The highest BCUT2D eigenvalue weighted by Gasteiger charge is 2.32. The molecule has 4 nitrogen and oxygen atoms in total. The number of benzene rings is 1. The molecular weight excluding hydrogens is 308 g/mol. The normalized spacial score (nSPS) is 26.9. The number of thioether (sulfide) groups is 1. The summed E-state index contributed by atoms with van der Waals surface area (Å²) in [5.41, 5.74) is 2.33. The van der Waals surface area contributed by atoms with Gasteiger partial charge in [0.05, 0.1) is 12.6 Å². The zero-order chi connectivity index (χ0) is 16.2. The van der Waals surface area contributed by atoms with Crippen LogP contribution in [0, 0.1) is 0 Å². The van der Waals surface area contributed by atoms with Gasteiger partial charge in [-0.15, -0.1) is 0 Å². The van der Waals surface area contributed by atoms with Crippen LogP contribution in [0.1, 0.15) is 43.4 Å². The van der Waals surface area contributed by atoms with Gasteiger partial charge in [-0.1, -0.05) is 31.2 Å². The maximum absolute atomic E-state index is 12.7. The largest absolute Gasteiger partial charge is 0.394 e. The molecule has 23 heavy (non-hydrogen) atoms. The lowest BCUT2D eigenvalue weighted by Gasteiger charge is -2.37. The lowest BCUT2D eigenvalue weighted by molar-refractivity contribution is 0.125. The van der Waals surface area contributed by atoms with Crippen molar-refractivity contribution >= 4 is 17.8 Å². The van der Waals surface area contributed by atoms with Crippen LogP contribution in [0.2, 0.25) is 0 Å². The van der Waals surface area contributed by atoms with Crippen molar-refractivity contribution in [3.05, 3.63) is 35.4 Å². The van der Waals surface area contributed by atoms with E-state index in [-0.39, 0.29) is 24.7 Å². The van der Waals surface area contributed by atoms with E-state index in [2.05, 4.69) is 18.3 Å². The minimum Gasteiger partial charge on any atom is -0.394 e. The number of aliphatic hydroxyl groups is 1. The van der Waals surface area contributed by atoms with Gasteiger partial charge in [-0.3, -0.25) is 0 Å². The minimum atomic E-state index is -0.220. The minimum absolute atomic E-state index is 0.0225. The summed E-state index contributed by atoms with van der Waals surface area (Å²) in [6.07, 6.45) is 4.19. The molecule has 1 fully saturated rings. The Morgan fingerprint density at radius 2 is 2.22 bits per heavy atom. The van der Waals surface area contributed by atoms with Gasteiger partial charge < -0.3 is 15.3 Å². The highest BCUT2D eigenvalue weighted by Crippen LogP contribution is 2.32. The molecule has 3 unspecified atom stereocenters. The first kappa shape index (κ1) is 16.7. The van der Waals surface area contributed by atoms with Crippen molar-refractivity contribution in [3.8, 4) is 0 Å². The second-order valence-corrected chi connectivity index (χ2v) is 7.95. The molecule has 0 bridgehead atoms. The van der Waals surface area contributed by atoms with Gasteiger partial charge in [0, 0.05) is 17.8 Å². The van der Waals surface area contributed by atoms with Crippen molar-refractivity contribution in [2.45, 2.75) is 49.9 Å². The van der Waals surface area contributed by atoms with E-state index in [1.165, 1.54) is 12.0 Å². The predicted molar refractivity (Wildman–Crippen MR) is 94.8 cm³/mol. The molecule has 2 N–H and O–H groups in total. The molecule has 1 aromatic rings. The fourth-order valence-corrected chi connectivity index (χ4v) is 4.95. The van der Waals surface area contributed by atoms with Gasteiger partial charge in [0.25, 0.3) is 0 Å². The quantitative estimate of drug-likeness (QED) is 0.890. The fourth-order valence-electron chi connectivity index (χ4n) is 3.81. The number of urea groups is 1. The Morgan fingerprint density at radius 3 is 3.00 bits per heavy atom. The van der Waals surface area contributed by atoms with Gasteiger partial charge in [0.1, 0.15) is 0 Å². The maximum Gasteiger partial charge on any atom is 0.318 e. The molecule has 0 saturated heterocycles. The van der Waals surface area contributed by atoms with Gasteiger partial charge in [0.2, 0.25) is 0 Å². The molecule has 1 aromatic carbocycles. The van der Waals surface area contributed by atoms with Crippen LogP contribution in [0.15, 0.2) is 24.3 Å². The zero-order valence-corrected chi connectivity index (χ0v) is 14.5. The summed E-state index contributed by atoms with van der Waals surface area (Å²) in [6.45, 7) is 2.84. The summed E-state index contributed by atoms with van der Waals surface area (Å²) in [5, 5.41) is 13.7. The SMILES string of the molecule is CCSC1CCC(NC(=O)N2CCc3ccccc3C2CO)C1. The number of carbonyl (C=O) groups is 1. The Hall–Kier alpha value is -1.20. The van der Waals surface area contributed by atoms with Crippen LogP contribution in [0.25, 0.3) is 0 Å². The van der Waals surface area contributed by atoms with E-state index >= 15 is 0 Å². The molecule has 0 radical (unpaired) electrons. The van der Waals surface area contributed by atoms with Crippen molar-refractivity contribution in [1.82, 2.24) is 10.2 Å². The van der Waals surface area contributed by atoms with Crippen LogP contribution in [-0.4, -0.2) is 46.2 Å². The summed E-state index contributed by atoms with van der Waals surface area (Å²) < 4.78 is 0. The van der Waals surface area contributed by atoms with E-state index in [4.69, 9.17) is 0 Å². The molecule has 1 aliphatic carbocycles. The summed E-state index contributed by atoms with van der Waals surface area (Å²) >= 11 is 2.00. The monoisotopic (exact) mass is 334 g/mol. The Morgan fingerprint density at radius 1 is 1.39 bits per heavy atom. The number of aliphatic hydroxyl groups excluding tert-OH is 1. The second kappa shape index (κ2) is 7.58. The summed E-state index contributed by atoms with van der Waals surface area (Å²) in [7, 11) is 0. The molecule has 3 atom stereocenters. The van der Waals surface area contributed by atoms with Gasteiger partial charge in [-0.2, -0.15) is 11.8 Å². The van der Waals surface area contributed by atoms with E-state index in [0.717, 1.165) is 30.6 Å². The Kier molecular flexibility index (Phi) is 5.49. The molecular formula is C18H26N2O2S. The molecule has 2 aliphatic rings. The maximum atomic E-state index is 12.7. The van der Waals surface area contributed by atoms with Crippen molar-refractivity contribution in [2.75, 3.05) is 18.9 Å². The van der Waals surface area contributed by atoms with E-state index < -0.39 is 0 Å². The van der Waals surface area contributed by atoms with Crippen molar-refractivity contribution in [3.63, 3.8) is 0 Å². The average molecular weight is 334 g/mol. The molecule has 1 aliphatic heterocycles. The summed E-state index contributed by atoms with van der Waals surface area (Å²) in [5.74, 6) is 1.14. The molecule has 1 heterocycles. The first-order valence-electron chi connectivity index (χ1n) is 8.60. The third-order valence-electron chi connectivity index (χ3n) is 4.96. The highest BCUT2D eigenvalue weighted by atomic mass is 32.2. The number of fused-ring (bicyclic) bond motifs is 1. The number of rotatable bonds is 4. The Labute approximate surface area is 142 Å². The smallest absolute Gasteiger partial charge is 0.318 e. The Bertz CT molecular complexity index is 552. The highest BCUT2D eigenvalue weighted by molar-refractivity contribution is 7.99. The first-order chi connectivity index (χ1) is 11.2. The Balaban J connectivity index is 1.64. The van der Waals surface area contributed by atoms with Gasteiger partial charge in [-0.25, -0.2) is 4.79 Å². The zero-order valence-electron chi connectivity index (χ0n) is 13.7. The van der Waals surface area contributed by atoms with E-state index in [9.17, 15) is 9.90 Å². The molecule has 2 amide bonds. The van der Waals surface area contributed by atoms with Crippen LogP contribution < -0.4 is 5.32 Å². The second-order valence-electron chi connectivity index (χ2n) is 6.38. The lowest BCUT2D eigenvalue weighted by Crippen LogP contribution is -2.49. The molecule has 3 rings (SSSR count). The fraction of sp³-hybridized carbons (Fsp3) is 0.611. The number of carbonyl (C=O) groups excluding carboxylic acids is 1. The van der Waals surface area contributed by atoms with Crippen LogP contribution in [0.3, 0.4) is 0 Å². The number of hydrogen-bond acceptors (Lipinski definition) is 3. The molecule has 0 aromatic heterocycles. The number of nitrogens with one attached hydrogen (secondary N) is 1. The van der Waals surface area contributed by atoms with Crippen molar-refractivity contribution in [1.29, 1.82) is 0 Å². The van der Waals surface area contributed by atoms with Crippen molar-refractivity contribution in [2.24, 2.45) is 0 Å². The molecule has 5 heteroatoms. The predicted octanol–water partition coefficient (Wildman–Crippen LogP) is 2.96. The van der Waals surface area contributed by atoms with Gasteiger partial charge in [0.15, 0.2) is 0 Å². The summed E-state index contributed by atoms with van der Waals surface area (Å²) in [4.78, 5) is 14.5. The third-order valence-corrected chi connectivity index (χ3v) is 6.19. The van der Waals surface area contributed by atoms with E-state index in [1.807, 2.05) is 34.9 Å². The summed E-state index contributed by atoms with van der Waals surface area (Å²) in [6, 6.07) is 8.16. The van der Waals surface area contributed by atoms with Crippen LogP contribution in [0.5, 0.6) is 0 Å². The molecule has 0 spiro atoms. The van der Waals surface area contributed by atoms with Crippen LogP contribution in [-0.2, 0) is 6.42 Å². The van der Waals surface area contributed by atoms with Gasteiger partial charge in [-0.05, 0) is 42.6 Å². The van der Waals surface area contributed by atoms with E-state index in [1.54, 1.807) is 0 Å². The van der Waals surface area contributed by atoms with Crippen molar-refractivity contribution < 1.29 is 9.90 Å². The topological polar surface area (TPSA) is 52.6 Å². The number of amides is 2. The standard InChI is InChI=1S/C18H26N2O2S/c1-2-23-15-8-7-14(11-15)19-18(22)20-10-9-13-5-3-4-6-16(13)17(20)12-21/h3-6,14-15,17,21H,2,7-12H2,1H3,(H,19,22). The first-order valence-corrected chi connectivity index (χ1v) is 9.65. The number of nitrogens with zero attached hydrogens (tertiary/aromatic N) is 1. The lowest BCUT2D eigenvalue weighted by atomic mass is 9.93. The number of hydrogen-bond donors (Lipinski definition) is 2. The molecule has 126 valence electrons. The van der Waals surface area contributed by atoms with E-state index in [0.29, 0.717) is 11.8 Å². The average Bonchev–Trinajstić information content (AvgIpc) is 3.01. The third kappa shape index (κ3) is 3.66. The van der Waals surface area contributed by atoms with Crippen LogP contribution in [0.4, 0.5) is 4.79 Å². The van der Waals surface area contributed by atoms with Gasteiger partial charge >= 0.3 is 6.03 Å². The van der Waals surface area contributed by atoms with Crippen LogP contribution >= 0.6 is 11.8 Å². The molecule has 1 saturated carbocycles.